The number of non-ortho nitro benzene ring substituents is 1. The third kappa shape index (κ3) is 6.58. The van der Waals surface area contributed by atoms with E-state index in [1.54, 1.807) is 4.90 Å². The zero-order valence-corrected chi connectivity index (χ0v) is 17.8. The first-order chi connectivity index (χ1) is 14.8. The van der Waals surface area contributed by atoms with Gasteiger partial charge in [0.25, 0.3) is 5.69 Å². The van der Waals surface area contributed by atoms with Crippen LogP contribution in [-0.2, 0) is 26.2 Å². The number of likely N-dealkylation sites (tertiary alicyclic amines) is 1. The molecule has 1 N–H and O–H groups in total. The molecular weight excluding hydrogens is 422 g/mol. The number of nitro benzene ring substituents is 1. The second-order valence-electron chi connectivity index (χ2n) is 7.42. The van der Waals surface area contributed by atoms with Crippen molar-refractivity contribution in [2.24, 2.45) is 5.92 Å². The van der Waals surface area contributed by atoms with Gasteiger partial charge in [-0.2, -0.15) is 0 Å². The number of ether oxygens (including phenoxy) is 1. The molecule has 1 unspecified atom stereocenters. The number of sulfonamides is 1. The molecule has 1 heterocycles. The number of rotatable bonds is 9. The monoisotopic (exact) mass is 447 g/mol. The van der Waals surface area contributed by atoms with E-state index < -0.39 is 14.9 Å². The fraction of sp³-hybridized carbons (Fsp3) is 0.381. The van der Waals surface area contributed by atoms with E-state index in [0.29, 0.717) is 26.3 Å². The average molecular weight is 448 g/mol. The fourth-order valence-electron chi connectivity index (χ4n) is 3.44. The lowest BCUT2D eigenvalue weighted by Crippen LogP contribution is -2.45. The normalized spacial score (nSPS) is 16.8. The summed E-state index contributed by atoms with van der Waals surface area (Å²) >= 11 is 0. The number of amides is 1. The summed E-state index contributed by atoms with van der Waals surface area (Å²) in [4.78, 5) is 24.1. The number of hydrogen-bond acceptors (Lipinski definition) is 6. The van der Waals surface area contributed by atoms with Gasteiger partial charge >= 0.3 is 0 Å². The first-order valence-corrected chi connectivity index (χ1v) is 11.5. The van der Waals surface area contributed by atoms with Crippen molar-refractivity contribution in [1.29, 1.82) is 0 Å². The van der Waals surface area contributed by atoms with Crippen LogP contribution in [0.15, 0.2) is 59.5 Å². The third-order valence-electron chi connectivity index (χ3n) is 5.11. The van der Waals surface area contributed by atoms with Crippen LogP contribution in [0.4, 0.5) is 5.69 Å². The minimum absolute atomic E-state index is 0.128. The van der Waals surface area contributed by atoms with E-state index in [2.05, 4.69) is 4.72 Å². The molecule has 1 amide bonds. The number of nitrogens with zero attached hydrogens (tertiary/aromatic N) is 2. The Morgan fingerprint density at radius 3 is 2.55 bits per heavy atom. The smallest absolute Gasteiger partial charge is 0.269 e. The molecule has 2 aromatic carbocycles. The molecule has 31 heavy (non-hydrogen) atoms. The number of benzene rings is 2. The molecule has 1 atom stereocenters. The summed E-state index contributed by atoms with van der Waals surface area (Å²) in [5.41, 5.74) is 0.885. The van der Waals surface area contributed by atoms with E-state index in [4.69, 9.17) is 4.74 Å². The molecule has 1 aliphatic heterocycles. The van der Waals surface area contributed by atoms with E-state index in [-0.39, 0.29) is 29.0 Å². The van der Waals surface area contributed by atoms with Crippen molar-refractivity contribution < 1.29 is 22.9 Å². The molecule has 0 radical (unpaired) electrons. The molecule has 166 valence electrons. The van der Waals surface area contributed by atoms with Crippen LogP contribution in [-0.4, -0.2) is 50.4 Å². The van der Waals surface area contributed by atoms with Gasteiger partial charge in [-0.05, 0) is 36.5 Å². The Bertz CT molecular complexity index is 996. The number of piperidine rings is 1. The maximum atomic E-state index is 12.5. The first kappa shape index (κ1) is 22.9. The van der Waals surface area contributed by atoms with Gasteiger partial charge in [-0.25, -0.2) is 13.1 Å². The molecule has 2 aromatic rings. The molecule has 3 rings (SSSR count). The minimum atomic E-state index is -3.94. The van der Waals surface area contributed by atoms with Crippen molar-refractivity contribution in [1.82, 2.24) is 9.62 Å². The summed E-state index contributed by atoms with van der Waals surface area (Å²) in [5, 5.41) is 10.7. The van der Waals surface area contributed by atoms with Gasteiger partial charge in [-0.3, -0.25) is 14.9 Å². The predicted molar refractivity (Wildman–Crippen MR) is 114 cm³/mol. The average Bonchev–Trinajstić information content (AvgIpc) is 2.78. The molecule has 0 aromatic heterocycles. The third-order valence-corrected chi connectivity index (χ3v) is 6.53. The van der Waals surface area contributed by atoms with Crippen LogP contribution >= 0.6 is 0 Å². The van der Waals surface area contributed by atoms with Crippen molar-refractivity contribution in [3.63, 3.8) is 0 Å². The Morgan fingerprint density at radius 2 is 1.87 bits per heavy atom. The fourth-order valence-corrected chi connectivity index (χ4v) is 4.42. The first-order valence-electron chi connectivity index (χ1n) is 9.99. The SMILES string of the molecule is O=C(CNS(=O)(=O)c1ccc([N+](=O)[O-])cc1)N1CCCC(COCc2ccccc2)C1. The lowest BCUT2D eigenvalue weighted by molar-refractivity contribution is -0.384. The molecule has 10 heteroatoms. The summed E-state index contributed by atoms with van der Waals surface area (Å²) in [7, 11) is -3.94. The van der Waals surface area contributed by atoms with Crippen molar-refractivity contribution in [2.45, 2.75) is 24.3 Å². The molecule has 0 spiro atoms. The van der Waals surface area contributed by atoms with Crippen LogP contribution in [0.25, 0.3) is 0 Å². The van der Waals surface area contributed by atoms with Crippen molar-refractivity contribution >= 4 is 21.6 Å². The van der Waals surface area contributed by atoms with Crippen molar-refractivity contribution in [2.75, 3.05) is 26.2 Å². The Hall–Kier alpha value is -2.82. The van der Waals surface area contributed by atoms with Crippen LogP contribution in [0.1, 0.15) is 18.4 Å². The van der Waals surface area contributed by atoms with E-state index in [1.807, 2.05) is 30.3 Å². The number of hydrogen-bond donors (Lipinski definition) is 1. The van der Waals surface area contributed by atoms with Gasteiger partial charge in [0.05, 0.1) is 29.6 Å². The van der Waals surface area contributed by atoms with Gasteiger partial charge < -0.3 is 9.64 Å². The molecule has 0 bridgehead atoms. The zero-order valence-electron chi connectivity index (χ0n) is 17.0. The van der Waals surface area contributed by atoms with Gasteiger partial charge in [0.1, 0.15) is 0 Å². The Kier molecular flexibility index (Phi) is 7.72. The largest absolute Gasteiger partial charge is 0.376 e. The zero-order chi connectivity index (χ0) is 22.3. The van der Waals surface area contributed by atoms with Crippen LogP contribution < -0.4 is 4.72 Å². The lowest BCUT2D eigenvalue weighted by atomic mass is 9.99. The minimum Gasteiger partial charge on any atom is -0.376 e. The van der Waals surface area contributed by atoms with E-state index in [9.17, 15) is 23.3 Å². The molecule has 1 fully saturated rings. The number of nitrogens with one attached hydrogen (secondary N) is 1. The molecule has 1 aliphatic rings. The summed E-state index contributed by atoms with van der Waals surface area (Å²) < 4.78 is 32.8. The summed E-state index contributed by atoms with van der Waals surface area (Å²) in [6.07, 6.45) is 1.79. The Morgan fingerprint density at radius 1 is 1.16 bits per heavy atom. The number of carbonyl (C=O) groups is 1. The van der Waals surface area contributed by atoms with Gasteiger partial charge in [0.15, 0.2) is 0 Å². The second-order valence-corrected chi connectivity index (χ2v) is 9.19. The maximum absolute atomic E-state index is 12.5. The molecule has 1 saturated heterocycles. The molecular formula is C21H25N3O6S. The topological polar surface area (TPSA) is 119 Å². The Balaban J connectivity index is 1.47. The van der Waals surface area contributed by atoms with Crippen molar-refractivity contribution in [3.05, 3.63) is 70.3 Å². The second kappa shape index (κ2) is 10.5. The van der Waals surface area contributed by atoms with Gasteiger partial charge in [0.2, 0.25) is 15.9 Å². The highest BCUT2D eigenvalue weighted by Gasteiger charge is 2.25. The van der Waals surface area contributed by atoms with E-state index in [0.717, 1.165) is 42.7 Å². The van der Waals surface area contributed by atoms with Gasteiger partial charge in [-0.15, -0.1) is 0 Å². The summed E-state index contributed by atoms with van der Waals surface area (Å²) in [6, 6.07) is 14.4. The van der Waals surface area contributed by atoms with Gasteiger partial charge in [-0.1, -0.05) is 30.3 Å². The summed E-state index contributed by atoms with van der Waals surface area (Å²) in [5.74, 6) is -0.106. The van der Waals surface area contributed by atoms with Crippen LogP contribution in [0.5, 0.6) is 0 Å². The quantitative estimate of drug-likeness (QED) is 0.465. The van der Waals surface area contributed by atoms with E-state index >= 15 is 0 Å². The van der Waals surface area contributed by atoms with Crippen molar-refractivity contribution in [3.8, 4) is 0 Å². The Labute approximate surface area is 181 Å². The highest BCUT2D eigenvalue weighted by molar-refractivity contribution is 7.89. The van der Waals surface area contributed by atoms with Crippen LogP contribution in [0, 0.1) is 16.0 Å². The summed E-state index contributed by atoms with van der Waals surface area (Å²) in [6.45, 7) is 1.78. The number of carbonyl (C=O) groups excluding carboxylic acids is 1. The highest BCUT2D eigenvalue weighted by Crippen LogP contribution is 2.18. The number of nitro groups is 1. The van der Waals surface area contributed by atoms with Gasteiger partial charge in [0, 0.05) is 25.2 Å². The standard InChI is InChI=1S/C21H25N3O6S/c25-21(13-22-31(28,29)20-10-8-19(9-11-20)24(26)27)23-12-4-7-18(14-23)16-30-15-17-5-2-1-3-6-17/h1-3,5-6,8-11,18,22H,4,7,12-16H2. The van der Waals surface area contributed by atoms with Crippen LogP contribution in [0.3, 0.4) is 0 Å². The lowest BCUT2D eigenvalue weighted by Gasteiger charge is -2.32. The molecule has 0 saturated carbocycles. The molecule has 0 aliphatic carbocycles. The predicted octanol–water partition coefficient (Wildman–Crippen LogP) is 2.33. The van der Waals surface area contributed by atoms with Crippen LogP contribution in [0.2, 0.25) is 0 Å². The van der Waals surface area contributed by atoms with E-state index in [1.165, 1.54) is 0 Å². The maximum Gasteiger partial charge on any atom is 0.269 e. The molecule has 9 nitrogen and oxygen atoms in total. The highest BCUT2D eigenvalue weighted by atomic mass is 32.2.